The average molecular weight is 682 g/mol. The van der Waals surface area contributed by atoms with Crippen LogP contribution in [-0.4, -0.2) is 64.1 Å². The van der Waals surface area contributed by atoms with Gasteiger partial charge in [0, 0.05) is 48.5 Å². The highest BCUT2D eigenvalue weighted by Gasteiger charge is 2.28. The maximum absolute atomic E-state index is 13.1. The number of sulfonamides is 1. The first-order valence-electron chi connectivity index (χ1n) is 16.1. The zero-order valence-electron chi connectivity index (χ0n) is 27.9. The number of piperidine rings is 1. The molecule has 1 fully saturated rings. The Balaban J connectivity index is 1.23. The monoisotopic (exact) mass is 681 g/mol. The van der Waals surface area contributed by atoms with Gasteiger partial charge in [0.15, 0.2) is 0 Å². The Morgan fingerprint density at radius 2 is 1.78 bits per heavy atom. The van der Waals surface area contributed by atoms with E-state index < -0.39 is 15.6 Å². The van der Waals surface area contributed by atoms with Crippen LogP contribution >= 0.6 is 0 Å². The minimum Gasteiger partial charge on any atom is -0.444 e. The summed E-state index contributed by atoms with van der Waals surface area (Å²) in [6, 6.07) is 19.7. The van der Waals surface area contributed by atoms with Crippen LogP contribution in [0.2, 0.25) is 0 Å². The van der Waals surface area contributed by atoms with E-state index in [2.05, 4.69) is 25.0 Å². The molecule has 4 heterocycles. The molecule has 0 radical (unpaired) electrons. The van der Waals surface area contributed by atoms with E-state index in [9.17, 15) is 13.2 Å². The number of aryl methyl sites for hydroxylation is 1. The van der Waals surface area contributed by atoms with Crippen LogP contribution in [0.5, 0.6) is 11.6 Å². The maximum atomic E-state index is 13.1. The van der Waals surface area contributed by atoms with E-state index in [4.69, 9.17) is 14.5 Å². The second-order valence-corrected chi connectivity index (χ2v) is 14.7. The molecule has 254 valence electrons. The van der Waals surface area contributed by atoms with Crippen molar-refractivity contribution in [3.8, 4) is 22.9 Å². The molecule has 1 amide bonds. The van der Waals surface area contributed by atoms with Crippen molar-refractivity contribution in [1.29, 1.82) is 0 Å². The summed E-state index contributed by atoms with van der Waals surface area (Å²) in [5, 5.41) is 4.78. The van der Waals surface area contributed by atoms with Gasteiger partial charge in [-0.15, -0.1) is 0 Å². The lowest BCUT2D eigenvalue weighted by Gasteiger charge is -2.34. The lowest BCUT2D eigenvalue weighted by Crippen LogP contribution is -2.47. The van der Waals surface area contributed by atoms with Crippen molar-refractivity contribution >= 4 is 38.5 Å². The molecule has 49 heavy (non-hydrogen) atoms. The summed E-state index contributed by atoms with van der Waals surface area (Å²) in [7, 11) is -3.74. The third kappa shape index (κ3) is 8.41. The molecule has 2 N–H and O–H groups in total. The van der Waals surface area contributed by atoms with Crippen LogP contribution in [0.4, 0.5) is 16.4 Å². The number of amides is 1. The third-order valence-corrected chi connectivity index (χ3v) is 9.05. The fraction of sp³-hybridized carbons (Fsp3) is 0.306. The van der Waals surface area contributed by atoms with Crippen molar-refractivity contribution in [1.82, 2.24) is 24.8 Å². The fourth-order valence-electron chi connectivity index (χ4n) is 5.66. The van der Waals surface area contributed by atoms with Gasteiger partial charge in [0.05, 0.1) is 22.6 Å². The van der Waals surface area contributed by atoms with Crippen LogP contribution in [0, 0.1) is 6.92 Å². The molecule has 1 saturated heterocycles. The van der Waals surface area contributed by atoms with Crippen molar-refractivity contribution in [2.45, 2.75) is 57.9 Å². The first-order valence-corrected chi connectivity index (χ1v) is 17.7. The summed E-state index contributed by atoms with van der Waals surface area (Å²) < 4.78 is 41.0. The SMILES string of the molecule is Cc1ccc2c(NS(=O)(=O)Cc3ccccn3)cccc2c1Oc1ncccc1-c1ccnc(N[C@H]2CCCN(C(=O)OC(C)(C)C)C2)n1. The number of benzene rings is 2. The number of aromatic nitrogens is 4. The predicted molar refractivity (Wildman–Crippen MR) is 189 cm³/mol. The number of hydrogen-bond acceptors (Lipinski definition) is 10. The lowest BCUT2D eigenvalue weighted by molar-refractivity contribution is 0.0206. The number of likely N-dealkylation sites (tertiary alicyclic amines) is 1. The number of fused-ring (bicyclic) bond motifs is 1. The van der Waals surface area contributed by atoms with Crippen LogP contribution in [-0.2, 0) is 20.5 Å². The quantitative estimate of drug-likeness (QED) is 0.168. The Bertz CT molecular complexity index is 2070. The molecule has 12 nitrogen and oxygen atoms in total. The van der Waals surface area contributed by atoms with Gasteiger partial charge >= 0.3 is 6.09 Å². The minimum absolute atomic E-state index is 0.0463. The molecule has 0 saturated carbocycles. The number of nitrogens with one attached hydrogen (secondary N) is 2. The fourth-order valence-corrected chi connectivity index (χ4v) is 6.80. The Morgan fingerprint density at radius 1 is 0.939 bits per heavy atom. The van der Waals surface area contributed by atoms with Gasteiger partial charge in [-0.2, -0.15) is 0 Å². The van der Waals surface area contributed by atoms with E-state index in [1.54, 1.807) is 59.9 Å². The Hall–Kier alpha value is -5.30. The number of pyridine rings is 2. The molecule has 3 aromatic heterocycles. The second kappa shape index (κ2) is 14.0. The largest absolute Gasteiger partial charge is 0.444 e. The second-order valence-electron chi connectivity index (χ2n) is 12.9. The first-order chi connectivity index (χ1) is 23.4. The molecule has 0 unspecified atom stereocenters. The van der Waals surface area contributed by atoms with Gasteiger partial charge in [-0.1, -0.05) is 30.3 Å². The van der Waals surface area contributed by atoms with Crippen molar-refractivity contribution < 1.29 is 22.7 Å². The summed E-state index contributed by atoms with van der Waals surface area (Å²) in [6.07, 6.45) is 6.23. The number of ether oxygens (including phenoxy) is 2. The van der Waals surface area contributed by atoms with Gasteiger partial charge in [0.2, 0.25) is 21.9 Å². The summed E-state index contributed by atoms with van der Waals surface area (Å²) in [5.74, 6) is 1.04. The highest BCUT2D eigenvalue weighted by molar-refractivity contribution is 7.91. The van der Waals surface area contributed by atoms with Gasteiger partial charge < -0.3 is 19.7 Å². The molecule has 1 aliphatic rings. The molecule has 2 aromatic carbocycles. The molecule has 0 spiro atoms. The van der Waals surface area contributed by atoms with E-state index >= 15 is 0 Å². The van der Waals surface area contributed by atoms with E-state index in [0.29, 0.717) is 64.1 Å². The van der Waals surface area contributed by atoms with Crippen molar-refractivity contribution in [3.63, 3.8) is 0 Å². The predicted octanol–water partition coefficient (Wildman–Crippen LogP) is 6.94. The Kier molecular flexibility index (Phi) is 9.63. The van der Waals surface area contributed by atoms with Gasteiger partial charge in [-0.3, -0.25) is 9.71 Å². The van der Waals surface area contributed by atoms with E-state index in [1.165, 1.54) is 0 Å². The van der Waals surface area contributed by atoms with Crippen molar-refractivity contribution in [2.75, 3.05) is 23.1 Å². The summed E-state index contributed by atoms with van der Waals surface area (Å²) in [5.41, 5.74) is 2.40. The Morgan fingerprint density at radius 3 is 2.57 bits per heavy atom. The van der Waals surface area contributed by atoms with Crippen molar-refractivity contribution in [3.05, 3.63) is 96.6 Å². The molecule has 0 bridgehead atoms. The number of carbonyl (C=O) groups excluding carboxylic acids is 1. The summed E-state index contributed by atoms with van der Waals surface area (Å²) in [4.78, 5) is 32.3. The van der Waals surface area contributed by atoms with Crippen LogP contribution in [0.3, 0.4) is 0 Å². The number of nitrogens with zero attached hydrogens (tertiary/aromatic N) is 5. The zero-order valence-corrected chi connectivity index (χ0v) is 28.7. The highest BCUT2D eigenvalue weighted by Crippen LogP contribution is 2.39. The molecule has 13 heteroatoms. The third-order valence-electron chi connectivity index (χ3n) is 7.85. The smallest absolute Gasteiger partial charge is 0.410 e. The van der Waals surface area contributed by atoms with Gasteiger partial charge in [0.25, 0.3) is 0 Å². The molecule has 6 rings (SSSR count). The molecular weight excluding hydrogens is 643 g/mol. The van der Waals surface area contributed by atoms with Crippen LogP contribution in [0.1, 0.15) is 44.9 Å². The lowest BCUT2D eigenvalue weighted by atomic mass is 10.0. The van der Waals surface area contributed by atoms with Gasteiger partial charge in [0.1, 0.15) is 17.1 Å². The first kappa shape index (κ1) is 33.6. The van der Waals surface area contributed by atoms with E-state index in [0.717, 1.165) is 18.4 Å². The van der Waals surface area contributed by atoms with Crippen LogP contribution in [0.25, 0.3) is 22.0 Å². The minimum atomic E-state index is -3.74. The number of carbonyl (C=O) groups is 1. The number of hydrogen-bond donors (Lipinski definition) is 2. The van der Waals surface area contributed by atoms with E-state index in [-0.39, 0.29) is 17.9 Å². The van der Waals surface area contributed by atoms with Crippen molar-refractivity contribution in [2.24, 2.45) is 0 Å². The van der Waals surface area contributed by atoms with Gasteiger partial charge in [-0.25, -0.2) is 28.2 Å². The van der Waals surface area contributed by atoms with Crippen LogP contribution in [0.15, 0.2) is 85.3 Å². The standard InChI is InChI=1S/C36H39N7O5S/c1-24-15-16-27-28(12-7-14-31(27)42-49(45,46)23-26-10-5-6-18-37-26)32(24)47-33-29(13-8-19-38-33)30-17-20-39-34(41-30)40-25-11-9-21-43(22-25)35(44)48-36(2,3)4/h5-8,10,12-20,25,42H,9,11,21-23H2,1-4H3,(H,39,40,41)/t25-/m0/s1. The topological polar surface area (TPSA) is 149 Å². The molecular formula is C36H39N7O5S. The van der Waals surface area contributed by atoms with Crippen LogP contribution < -0.4 is 14.8 Å². The Labute approximate surface area is 286 Å². The molecule has 1 atom stereocenters. The maximum Gasteiger partial charge on any atom is 0.410 e. The average Bonchev–Trinajstić information content (AvgIpc) is 3.06. The summed E-state index contributed by atoms with van der Waals surface area (Å²) >= 11 is 0. The zero-order chi connectivity index (χ0) is 34.6. The highest BCUT2D eigenvalue weighted by atomic mass is 32.2. The van der Waals surface area contributed by atoms with E-state index in [1.807, 2.05) is 58.0 Å². The normalized spacial score (nSPS) is 15.1. The number of anilines is 2. The molecule has 0 aliphatic carbocycles. The molecule has 1 aliphatic heterocycles. The summed E-state index contributed by atoms with van der Waals surface area (Å²) in [6.45, 7) is 8.61. The van der Waals surface area contributed by atoms with Gasteiger partial charge in [-0.05, 0) is 82.5 Å². The number of rotatable bonds is 9. The molecule has 5 aromatic rings.